The second-order valence-electron chi connectivity index (χ2n) is 1.97. The minimum Gasteiger partial charge on any atom is -0.377 e. The van der Waals surface area contributed by atoms with Crippen molar-refractivity contribution in [2.24, 2.45) is 0 Å². The second kappa shape index (κ2) is 6.19. The zero-order chi connectivity index (χ0) is 9.45. The van der Waals surface area contributed by atoms with Gasteiger partial charge in [0, 0.05) is 0 Å². The first-order valence-electron chi connectivity index (χ1n) is 3.34. The van der Waals surface area contributed by atoms with Gasteiger partial charge in [0.2, 0.25) is 0 Å². The van der Waals surface area contributed by atoms with E-state index in [0.717, 1.165) is 26.4 Å². The van der Waals surface area contributed by atoms with E-state index in [-0.39, 0.29) is 0 Å². The first kappa shape index (κ1) is 11.6. The van der Waals surface area contributed by atoms with Gasteiger partial charge in [-0.1, -0.05) is 0 Å². The van der Waals surface area contributed by atoms with E-state index in [9.17, 15) is 17.6 Å². The maximum Gasteiger partial charge on any atom is 0.416 e. The minimum absolute atomic E-state index is 0.778. The van der Waals surface area contributed by atoms with E-state index in [1.54, 1.807) is 0 Å². The molecule has 1 heterocycles. The Kier molecular flexibility index (Phi) is 6.00. The Morgan fingerprint density at radius 2 is 1.17 bits per heavy atom. The largest absolute Gasteiger partial charge is 0.416 e. The Morgan fingerprint density at radius 1 is 0.917 bits per heavy atom. The van der Waals surface area contributed by atoms with Crippen LogP contribution in [0.15, 0.2) is 0 Å². The first-order chi connectivity index (χ1) is 5.56. The monoisotopic (exact) mass is 190 g/mol. The van der Waals surface area contributed by atoms with Crippen LogP contribution in [0.2, 0.25) is 0 Å². The Labute approximate surface area is 67.5 Å². The minimum atomic E-state index is -4.62. The van der Waals surface area contributed by atoms with Crippen molar-refractivity contribution in [2.45, 2.75) is 6.18 Å². The Bertz CT molecular complexity index is 88.7. The van der Waals surface area contributed by atoms with Crippen LogP contribution in [0.3, 0.4) is 0 Å². The van der Waals surface area contributed by atoms with Crippen molar-refractivity contribution in [3.05, 3.63) is 0 Å². The Balaban J connectivity index is 0.000000202. The molecule has 0 unspecified atom stereocenters. The van der Waals surface area contributed by atoms with Crippen LogP contribution in [-0.2, 0) is 9.47 Å². The number of rotatable bonds is 0. The van der Waals surface area contributed by atoms with E-state index >= 15 is 0 Å². The van der Waals surface area contributed by atoms with Crippen molar-refractivity contribution in [3.8, 4) is 0 Å². The molecule has 12 heavy (non-hydrogen) atoms. The normalized spacial score (nSPS) is 18.0. The lowest BCUT2D eigenvalue weighted by molar-refractivity contribution is -0.142. The molecule has 0 bridgehead atoms. The Morgan fingerprint density at radius 3 is 1.25 bits per heavy atom. The molecule has 0 aromatic rings. The third kappa shape index (κ3) is 9.64. The van der Waals surface area contributed by atoms with Gasteiger partial charge in [0.15, 0.2) is 6.67 Å². The highest BCUT2D eigenvalue weighted by Gasteiger charge is 2.26. The van der Waals surface area contributed by atoms with Crippen LogP contribution in [0.1, 0.15) is 0 Å². The second-order valence-corrected chi connectivity index (χ2v) is 1.97. The molecule has 1 aliphatic rings. The highest BCUT2D eigenvalue weighted by Crippen LogP contribution is 2.13. The molecule has 74 valence electrons. The zero-order valence-electron chi connectivity index (χ0n) is 6.36. The summed E-state index contributed by atoms with van der Waals surface area (Å²) in [5, 5.41) is 0. The lowest BCUT2D eigenvalue weighted by Gasteiger charge is -2.09. The van der Waals surface area contributed by atoms with Crippen molar-refractivity contribution >= 4 is 0 Å². The molecule has 0 spiro atoms. The molecular weight excluding hydrogens is 180 g/mol. The molecule has 6 heteroatoms. The highest BCUT2D eigenvalue weighted by molar-refractivity contribution is 4.40. The summed E-state index contributed by atoms with van der Waals surface area (Å²) in [5.41, 5.74) is 0. The van der Waals surface area contributed by atoms with Crippen LogP contribution in [0, 0.1) is 0 Å². The summed E-state index contributed by atoms with van der Waals surface area (Å²) in [6.07, 6.45) is -4.62. The van der Waals surface area contributed by atoms with Gasteiger partial charge in [0.05, 0.1) is 26.4 Å². The van der Waals surface area contributed by atoms with Gasteiger partial charge in [-0.05, 0) is 0 Å². The van der Waals surface area contributed by atoms with Gasteiger partial charge < -0.3 is 9.47 Å². The average molecular weight is 190 g/mol. The van der Waals surface area contributed by atoms with Crippen molar-refractivity contribution in [2.75, 3.05) is 33.1 Å². The molecule has 2 nitrogen and oxygen atoms in total. The summed E-state index contributed by atoms with van der Waals surface area (Å²) in [7, 11) is 0. The predicted molar refractivity (Wildman–Crippen MR) is 33.7 cm³/mol. The van der Waals surface area contributed by atoms with Crippen LogP contribution in [0.5, 0.6) is 0 Å². The summed E-state index contributed by atoms with van der Waals surface area (Å²) in [6, 6.07) is 0. The fraction of sp³-hybridized carbons (Fsp3) is 1.00. The molecule has 0 aromatic heterocycles. The molecule has 0 radical (unpaired) electrons. The topological polar surface area (TPSA) is 18.5 Å². The summed E-state index contributed by atoms with van der Waals surface area (Å²) in [5.74, 6) is 0. The molecule has 0 aromatic carbocycles. The van der Waals surface area contributed by atoms with Gasteiger partial charge >= 0.3 is 6.18 Å². The van der Waals surface area contributed by atoms with Gasteiger partial charge in [0.25, 0.3) is 0 Å². The van der Waals surface area contributed by atoms with Gasteiger partial charge in [0.1, 0.15) is 0 Å². The standard InChI is InChI=1S/C4H8O2.C2H2F4/c1-2-6-4-3-5-1;3-1-2(4,5)6/h1-4H2;1H2. The van der Waals surface area contributed by atoms with Gasteiger partial charge in [-0.25, -0.2) is 4.39 Å². The highest BCUT2D eigenvalue weighted by atomic mass is 19.4. The van der Waals surface area contributed by atoms with E-state index < -0.39 is 12.9 Å². The molecule has 0 amide bonds. The van der Waals surface area contributed by atoms with E-state index in [2.05, 4.69) is 0 Å². The molecule has 1 aliphatic heterocycles. The maximum absolute atomic E-state index is 10.4. The fourth-order valence-electron chi connectivity index (χ4n) is 0.440. The van der Waals surface area contributed by atoms with Gasteiger partial charge in [-0.3, -0.25) is 0 Å². The summed E-state index contributed by atoms with van der Waals surface area (Å²) >= 11 is 0. The van der Waals surface area contributed by atoms with Crippen molar-refractivity contribution in [1.82, 2.24) is 0 Å². The van der Waals surface area contributed by atoms with Gasteiger partial charge in [-0.15, -0.1) is 0 Å². The summed E-state index contributed by atoms with van der Waals surface area (Å²) < 4.78 is 51.5. The molecule has 0 aliphatic carbocycles. The molecule has 1 saturated heterocycles. The van der Waals surface area contributed by atoms with Crippen LogP contribution in [-0.4, -0.2) is 39.3 Å². The molecular formula is C6H10F4O2. The van der Waals surface area contributed by atoms with Crippen molar-refractivity contribution in [1.29, 1.82) is 0 Å². The third-order valence-corrected chi connectivity index (χ3v) is 0.896. The quantitative estimate of drug-likeness (QED) is 0.539. The van der Waals surface area contributed by atoms with E-state index in [1.165, 1.54) is 0 Å². The number of alkyl halides is 4. The third-order valence-electron chi connectivity index (χ3n) is 0.896. The lowest BCUT2D eigenvalue weighted by Crippen LogP contribution is -2.16. The number of halogens is 4. The summed E-state index contributed by atoms with van der Waals surface area (Å²) in [6.45, 7) is 0.882. The van der Waals surface area contributed by atoms with E-state index in [0.29, 0.717) is 0 Å². The molecule has 1 rings (SSSR count). The van der Waals surface area contributed by atoms with Crippen molar-refractivity contribution in [3.63, 3.8) is 0 Å². The van der Waals surface area contributed by atoms with Gasteiger partial charge in [-0.2, -0.15) is 13.2 Å². The van der Waals surface area contributed by atoms with Crippen LogP contribution < -0.4 is 0 Å². The van der Waals surface area contributed by atoms with Crippen LogP contribution in [0.4, 0.5) is 17.6 Å². The first-order valence-corrected chi connectivity index (χ1v) is 3.34. The summed E-state index contributed by atoms with van der Waals surface area (Å²) in [4.78, 5) is 0. The SMILES string of the molecule is C1COCCO1.FCC(F)(F)F. The van der Waals surface area contributed by atoms with E-state index in [4.69, 9.17) is 9.47 Å². The molecule has 1 fully saturated rings. The number of hydrogen-bond acceptors (Lipinski definition) is 2. The average Bonchev–Trinajstić information content (AvgIpc) is 2.07. The zero-order valence-corrected chi connectivity index (χ0v) is 6.36. The smallest absolute Gasteiger partial charge is 0.377 e. The number of ether oxygens (including phenoxy) is 2. The lowest BCUT2D eigenvalue weighted by atomic mass is 10.6. The number of hydrogen-bond donors (Lipinski definition) is 0. The van der Waals surface area contributed by atoms with Crippen molar-refractivity contribution < 1.29 is 27.0 Å². The predicted octanol–water partition coefficient (Wildman–Crippen LogP) is 1.55. The molecule has 0 saturated carbocycles. The van der Waals surface area contributed by atoms with E-state index in [1.807, 2.05) is 0 Å². The molecule has 0 N–H and O–H groups in total. The molecule has 0 atom stereocenters. The van der Waals surface area contributed by atoms with Crippen LogP contribution in [0.25, 0.3) is 0 Å². The van der Waals surface area contributed by atoms with Crippen LogP contribution >= 0.6 is 0 Å². The fourth-order valence-corrected chi connectivity index (χ4v) is 0.440. The Hall–Kier alpha value is -0.360. The maximum atomic E-state index is 10.4.